The highest BCUT2D eigenvalue weighted by Gasteiger charge is 2.31. The van der Waals surface area contributed by atoms with Crippen LogP contribution in [0.5, 0.6) is 0 Å². The second-order valence-corrected chi connectivity index (χ2v) is 4.67. The van der Waals surface area contributed by atoms with E-state index in [1.54, 1.807) is 0 Å². The van der Waals surface area contributed by atoms with Gasteiger partial charge in [0.25, 0.3) is 0 Å². The summed E-state index contributed by atoms with van der Waals surface area (Å²) in [5.41, 5.74) is 0. The molecule has 1 fully saturated rings. The van der Waals surface area contributed by atoms with Crippen molar-refractivity contribution in [2.24, 2.45) is 5.92 Å². The Labute approximate surface area is 86.9 Å². The lowest BCUT2D eigenvalue weighted by molar-refractivity contribution is -0.127. The zero-order chi connectivity index (χ0) is 10.7. The third-order valence-corrected chi connectivity index (χ3v) is 2.81. The lowest BCUT2D eigenvalue weighted by atomic mass is 10.0. The molecule has 3 heteroatoms. The fourth-order valence-electron chi connectivity index (χ4n) is 2.13. The summed E-state index contributed by atoms with van der Waals surface area (Å²) < 4.78 is 0. The van der Waals surface area contributed by atoms with E-state index in [2.05, 4.69) is 37.9 Å². The predicted octanol–water partition coefficient (Wildman–Crippen LogP) is 1.24. The van der Waals surface area contributed by atoms with E-state index in [0.717, 1.165) is 19.5 Å². The quantitative estimate of drug-likeness (QED) is 0.724. The Morgan fingerprint density at radius 1 is 1.36 bits per heavy atom. The highest BCUT2D eigenvalue weighted by Crippen LogP contribution is 2.16. The van der Waals surface area contributed by atoms with Gasteiger partial charge in [-0.2, -0.15) is 0 Å². The molecule has 0 aromatic rings. The summed E-state index contributed by atoms with van der Waals surface area (Å²) in [7, 11) is 0. The number of carbonyl (C=O) groups excluding carboxylic acids is 1. The molecule has 0 aromatic carbocycles. The Morgan fingerprint density at radius 2 is 2.00 bits per heavy atom. The van der Waals surface area contributed by atoms with Crippen molar-refractivity contribution in [3.05, 3.63) is 0 Å². The van der Waals surface area contributed by atoms with Gasteiger partial charge in [-0.25, -0.2) is 0 Å². The number of nitrogens with one attached hydrogen (secondary N) is 1. The van der Waals surface area contributed by atoms with Gasteiger partial charge in [0.05, 0.1) is 6.04 Å². The molecule has 82 valence electrons. The predicted molar refractivity (Wildman–Crippen MR) is 58.1 cm³/mol. The Kier molecular flexibility index (Phi) is 3.93. The van der Waals surface area contributed by atoms with E-state index in [4.69, 9.17) is 0 Å². The third-order valence-electron chi connectivity index (χ3n) is 2.81. The highest BCUT2D eigenvalue weighted by atomic mass is 16.2. The summed E-state index contributed by atoms with van der Waals surface area (Å²) in [6.07, 6.45) is 1.06. The first-order valence-electron chi connectivity index (χ1n) is 5.57. The van der Waals surface area contributed by atoms with Gasteiger partial charge < -0.3 is 5.32 Å². The van der Waals surface area contributed by atoms with Crippen molar-refractivity contribution in [2.45, 2.75) is 46.2 Å². The maximum atomic E-state index is 11.8. The van der Waals surface area contributed by atoms with Gasteiger partial charge >= 0.3 is 0 Å². The van der Waals surface area contributed by atoms with Crippen LogP contribution >= 0.6 is 0 Å². The molecule has 1 heterocycles. The smallest absolute Gasteiger partial charge is 0.237 e. The van der Waals surface area contributed by atoms with E-state index in [1.165, 1.54) is 0 Å². The first kappa shape index (κ1) is 11.5. The minimum Gasteiger partial charge on any atom is -0.355 e. The first-order chi connectivity index (χ1) is 6.54. The summed E-state index contributed by atoms with van der Waals surface area (Å²) >= 11 is 0. The van der Waals surface area contributed by atoms with Crippen molar-refractivity contribution in [2.75, 3.05) is 13.1 Å². The topological polar surface area (TPSA) is 32.3 Å². The highest BCUT2D eigenvalue weighted by molar-refractivity contribution is 5.82. The average Bonchev–Trinajstić information content (AvgIpc) is 2.26. The maximum Gasteiger partial charge on any atom is 0.237 e. The van der Waals surface area contributed by atoms with Crippen molar-refractivity contribution in [3.63, 3.8) is 0 Å². The molecule has 0 spiro atoms. The molecule has 1 aliphatic heterocycles. The second-order valence-electron chi connectivity index (χ2n) is 4.67. The summed E-state index contributed by atoms with van der Waals surface area (Å²) in [6.45, 7) is 10.4. The van der Waals surface area contributed by atoms with Crippen molar-refractivity contribution in [1.29, 1.82) is 0 Å². The van der Waals surface area contributed by atoms with Crippen LogP contribution in [-0.2, 0) is 4.79 Å². The lowest BCUT2D eigenvalue weighted by Crippen LogP contribution is -2.50. The fourth-order valence-corrected chi connectivity index (χ4v) is 2.13. The molecule has 0 saturated carbocycles. The third kappa shape index (κ3) is 2.47. The number of hydrogen-bond donors (Lipinski definition) is 1. The summed E-state index contributed by atoms with van der Waals surface area (Å²) in [4.78, 5) is 14.1. The van der Waals surface area contributed by atoms with Crippen molar-refractivity contribution in [3.8, 4) is 0 Å². The minimum atomic E-state index is 0.0532. The molecular weight excluding hydrogens is 176 g/mol. The summed E-state index contributed by atoms with van der Waals surface area (Å²) in [6, 6.07) is 0.503. The van der Waals surface area contributed by atoms with E-state index in [1.807, 2.05) is 0 Å². The van der Waals surface area contributed by atoms with Crippen molar-refractivity contribution >= 4 is 5.91 Å². The second kappa shape index (κ2) is 4.78. The van der Waals surface area contributed by atoms with Gasteiger partial charge in [0.2, 0.25) is 5.91 Å². The molecule has 1 rings (SSSR count). The van der Waals surface area contributed by atoms with Gasteiger partial charge in [-0.15, -0.1) is 0 Å². The molecule has 0 unspecified atom stereocenters. The number of rotatable bonds is 2. The van der Waals surface area contributed by atoms with E-state index >= 15 is 0 Å². The maximum absolute atomic E-state index is 11.8. The van der Waals surface area contributed by atoms with Crippen molar-refractivity contribution < 1.29 is 4.79 Å². The largest absolute Gasteiger partial charge is 0.355 e. The fraction of sp³-hybridized carbons (Fsp3) is 0.909. The van der Waals surface area contributed by atoms with Gasteiger partial charge in [-0.1, -0.05) is 13.8 Å². The Balaban J connectivity index is 2.81. The zero-order valence-electron chi connectivity index (χ0n) is 9.71. The average molecular weight is 198 g/mol. The van der Waals surface area contributed by atoms with Gasteiger partial charge in [0.15, 0.2) is 0 Å². The molecule has 1 N–H and O–H groups in total. The summed E-state index contributed by atoms with van der Waals surface area (Å²) in [5, 5.41) is 2.98. The van der Waals surface area contributed by atoms with E-state index < -0.39 is 0 Å². The van der Waals surface area contributed by atoms with Gasteiger partial charge in [-0.05, 0) is 26.2 Å². The van der Waals surface area contributed by atoms with Crippen LogP contribution in [0.2, 0.25) is 0 Å². The Hall–Kier alpha value is -0.570. The van der Waals surface area contributed by atoms with Crippen LogP contribution in [0.25, 0.3) is 0 Å². The lowest BCUT2D eigenvalue weighted by Gasteiger charge is -2.34. The number of carbonyl (C=O) groups is 1. The van der Waals surface area contributed by atoms with Crippen LogP contribution in [-0.4, -0.2) is 36.0 Å². The molecule has 3 nitrogen and oxygen atoms in total. The van der Waals surface area contributed by atoms with Crippen molar-refractivity contribution in [1.82, 2.24) is 10.2 Å². The SMILES string of the molecule is CC(C)[C@H]1C(=O)NCCCN1C(C)C. The molecule has 1 saturated heterocycles. The van der Waals surface area contributed by atoms with E-state index in [-0.39, 0.29) is 11.9 Å². The van der Waals surface area contributed by atoms with Gasteiger partial charge in [0, 0.05) is 19.1 Å². The van der Waals surface area contributed by atoms with E-state index in [0.29, 0.717) is 12.0 Å². The number of amides is 1. The Morgan fingerprint density at radius 3 is 2.50 bits per heavy atom. The van der Waals surface area contributed by atoms with Crippen LogP contribution in [0.3, 0.4) is 0 Å². The molecule has 0 radical (unpaired) electrons. The molecule has 0 aromatic heterocycles. The molecular formula is C11H22N2O. The minimum absolute atomic E-state index is 0.0532. The number of hydrogen-bond acceptors (Lipinski definition) is 2. The van der Waals surface area contributed by atoms with Gasteiger partial charge in [-0.3, -0.25) is 9.69 Å². The van der Waals surface area contributed by atoms with Crippen LogP contribution in [0.4, 0.5) is 0 Å². The standard InChI is InChI=1S/C11H22N2O/c1-8(2)10-11(14)12-6-5-7-13(10)9(3)4/h8-10H,5-7H2,1-4H3,(H,12,14)/t10-/m0/s1. The van der Waals surface area contributed by atoms with Crippen LogP contribution in [0.15, 0.2) is 0 Å². The molecule has 1 aliphatic rings. The van der Waals surface area contributed by atoms with Crippen LogP contribution < -0.4 is 5.32 Å². The van der Waals surface area contributed by atoms with Crippen LogP contribution in [0, 0.1) is 5.92 Å². The molecule has 1 amide bonds. The first-order valence-corrected chi connectivity index (χ1v) is 5.57. The normalized spacial score (nSPS) is 25.3. The van der Waals surface area contributed by atoms with Gasteiger partial charge in [0.1, 0.15) is 0 Å². The molecule has 14 heavy (non-hydrogen) atoms. The number of nitrogens with zero attached hydrogens (tertiary/aromatic N) is 1. The van der Waals surface area contributed by atoms with E-state index in [9.17, 15) is 4.79 Å². The zero-order valence-corrected chi connectivity index (χ0v) is 9.71. The Bertz CT molecular complexity index is 201. The summed E-state index contributed by atoms with van der Waals surface area (Å²) in [5.74, 6) is 0.585. The molecule has 0 aliphatic carbocycles. The molecule has 0 bridgehead atoms. The van der Waals surface area contributed by atoms with Crippen LogP contribution in [0.1, 0.15) is 34.1 Å². The molecule has 1 atom stereocenters. The monoisotopic (exact) mass is 198 g/mol.